The number of amides is 2. The Labute approximate surface area is 150 Å². The highest BCUT2D eigenvalue weighted by atomic mass is 16.5. The van der Waals surface area contributed by atoms with Crippen molar-refractivity contribution in [1.82, 2.24) is 4.90 Å². The van der Waals surface area contributed by atoms with Gasteiger partial charge >= 0.3 is 18.0 Å². The first-order valence-corrected chi connectivity index (χ1v) is 7.89. The average molecular weight is 366 g/mol. The molecule has 0 radical (unpaired) electrons. The number of carbonyl (C=O) groups excluding carboxylic acids is 2. The highest BCUT2D eigenvalue weighted by molar-refractivity contribution is 6.02. The molecule has 142 valence electrons. The van der Waals surface area contributed by atoms with Gasteiger partial charge < -0.3 is 29.5 Å². The van der Waals surface area contributed by atoms with Gasteiger partial charge in [0.25, 0.3) is 0 Å². The summed E-state index contributed by atoms with van der Waals surface area (Å²) in [6.07, 6.45) is 0.353. The molecule has 2 N–H and O–H groups in total. The Morgan fingerprint density at radius 3 is 2.27 bits per heavy atom. The number of hydrogen-bond donors (Lipinski definition) is 2. The maximum absolute atomic E-state index is 12.5. The zero-order valence-electron chi connectivity index (χ0n) is 15.1. The predicted molar refractivity (Wildman–Crippen MR) is 91.8 cm³/mol. The lowest BCUT2D eigenvalue weighted by Crippen LogP contribution is -2.37. The normalized spacial score (nSPS) is 19.0. The Morgan fingerprint density at radius 2 is 1.77 bits per heavy atom. The van der Waals surface area contributed by atoms with E-state index in [1.165, 1.54) is 38.4 Å². The van der Waals surface area contributed by atoms with E-state index >= 15 is 0 Å². The van der Waals surface area contributed by atoms with Gasteiger partial charge in [0.05, 0.1) is 38.0 Å². The molecular formula is C17H22N2O7. The third-order valence-electron chi connectivity index (χ3n) is 4.45. The van der Waals surface area contributed by atoms with E-state index in [0.29, 0.717) is 24.5 Å². The van der Waals surface area contributed by atoms with E-state index in [1.807, 2.05) is 0 Å². The van der Waals surface area contributed by atoms with Crippen molar-refractivity contribution in [3.8, 4) is 11.5 Å². The van der Waals surface area contributed by atoms with Crippen LogP contribution in [0.2, 0.25) is 0 Å². The van der Waals surface area contributed by atoms with Gasteiger partial charge in [-0.2, -0.15) is 0 Å². The second-order valence-electron chi connectivity index (χ2n) is 6.21. The number of rotatable bonds is 5. The van der Waals surface area contributed by atoms with Gasteiger partial charge in [-0.05, 0) is 13.3 Å². The number of hydrogen-bond acceptors (Lipinski definition) is 6. The number of urea groups is 1. The first-order chi connectivity index (χ1) is 12.3. The van der Waals surface area contributed by atoms with Crippen molar-refractivity contribution in [2.24, 2.45) is 5.41 Å². The van der Waals surface area contributed by atoms with E-state index in [1.54, 1.807) is 6.92 Å². The summed E-state index contributed by atoms with van der Waals surface area (Å²) in [5.74, 6) is -0.968. The van der Waals surface area contributed by atoms with Crippen LogP contribution in [0.1, 0.15) is 23.7 Å². The van der Waals surface area contributed by atoms with Crippen LogP contribution in [0, 0.1) is 5.41 Å². The minimum Gasteiger partial charge on any atom is -0.493 e. The molecule has 1 atom stereocenters. The lowest BCUT2D eigenvalue weighted by molar-refractivity contribution is -0.146. The molecule has 0 spiro atoms. The summed E-state index contributed by atoms with van der Waals surface area (Å²) in [5.41, 5.74) is -0.706. The van der Waals surface area contributed by atoms with E-state index in [9.17, 15) is 19.5 Å². The summed E-state index contributed by atoms with van der Waals surface area (Å²) < 4.78 is 15.1. The van der Waals surface area contributed by atoms with Crippen LogP contribution in [-0.4, -0.2) is 62.4 Å². The molecule has 26 heavy (non-hydrogen) atoms. The standard InChI is InChI=1S/C17H22N2O7/c1-17(15(21)22)5-6-19(9-17)16(23)18-11-8-13(25-3)12(24-2)7-10(11)14(20)26-4/h7-8H,5-6,9H2,1-4H3,(H,18,23)(H,21,22). The van der Waals surface area contributed by atoms with Crippen molar-refractivity contribution in [3.05, 3.63) is 17.7 Å². The maximum Gasteiger partial charge on any atom is 0.340 e. The van der Waals surface area contributed by atoms with Crippen LogP contribution in [0.25, 0.3) is 0 Å². The largest absolute Gasteiger partial charge is 0.493 e. The Hall–Kier alpha value is -2.97. The van der Waals surface area contributed by atoms with Crippen molar-refractivity contribution < 1.29 is 33.7 Å². The number of nitrogens with one attached hydrogen (secondary N) is 1. The number of carbonyl (C=O) groups is 3. The van der Waals surface area contributed by atoms with Crippen LogP contribution < -0.4 is 14.8 Å². The van der Waals surface area contributed by atoms with Crippen LogP contribution >= 0.6 is 0 Å². The summed E-state index contributed by atoms with van der Waals surface area (Å²) in [5, 5.41) is 11.9. The fraction of sp³-hybridized carbons (Fsp3) is 0.471. The first kappa shape index (κ1) is 19.4. The Balaban J connectivity index is 2.29. The highest BCUT2D eigenvalue weighted by Crippen LogP contribution is 2.35. The fourth-order valence-electron chi connectivity index (χ4n) is 2.76. The smallest absolute Gasteiger partial charge is 0.340 e. The minimum absolute atomic E-state index is 0.0784. The van der Waals surface area contributed by atoms with Crippen LogP contribution in [0.15, 0.2) is 12.1 Å². The minimum atomic E-state index is -0.986. The summed E-state index contributed by atoms with van der Waals surface area (Å²) in [4.78, 5) is 37.3. The molecule has 0 bridgehead atoms. The third-order valence-corrected chi connectivity index (χ3v) is 4.45. The number of esters is 1. The molecule has 1 heterocycles. The predicted octanol–water partition coefficient (Wildman–Crippen LogP) is 1.82. The van der Waals surface area contributed by atoms with Gasteiger partial charge in [-0.1, -0.05) is 0 Å². The molecule has 1 aromatic rings. The molecule has 1 aromatic carbocycles. The van der Waals surface area contributed by atoms with E-state index < -0.39 is 23.4 Å². The molecule has 0 saturated carbocycles. The first-order valence-electron chi connectivity index (χ1n) is 7.89. The number of anilines is 1. The number of ether oxygens (including phenoxy) is 3. The van der Waals surface area contributed by atoms with E-state index in [4.69, 9.17) is 14.2 Å². The van der Waals surface area contributed by atoms with Gasteiger partial charge in [0.2, 0.25) is 0 Å². The van der Waals surface area contributed by atoms with Gasteiger partial charge in [-0.15, -0.1) is 0 Å². The number of nitrogens with zero attached hydrogens (tertiary/aromatic N) is 1. The molecule has 1 saturated heterocycles. The Kier molecular flexibility index (Phi) is 5.59. The third kappa shape index (κ3) is 3.66. The van der Waals surface area contributed by atoms with Crippen LogP contribution in [-0.2, 0) is 9.53 Å². The van der Waals surface area contributed by atoms with Crippen LogP contribution in [0.4, 0.5) is 10.5 Å². The Bertz CT molecular complexity index is 734. The average Bonchev–Trinajstić information content (AvgIpc) is 3.04. The maximum atomic E-state index is 12.5. The van der Waals surface area contributed by atoms with E-state index in [-0.39, 0.29) is 17.8 Å². The molecule has 1 aliphatic heterocycles. The number of carboxylic acids is 1. The topological polar surface area (TPSA) is 114 Å². The van der Waals surface area contributed by atoms with E-state index in [0.717, 1.165) is 0 Å². The number of aliphatic carboxylic acids is 1. The SMILES string of the molecule is COC(=O)c1cc(OC)c(OC)cc1NC(=O)N1CCC(C)(C(=O)O)C1. The van der Waals surface area contributed by atoms with Crippen molar-refractivity contribution in [2.45, 2.75) is 13.3 Å². The molecule has 2 amide bonds. The van der Waals surface area contributed by atoms with Gasteiger partial charge in [0.1, 0.15) is 0 Å². The zero-order valence-corrected chi connectivity index (χ0v) is 15.1. The van der Waals surface area contributed by atoms with Crippen molar-refractivity contribution in [2.75, 3.05) is 39.7 Å². The molecule has 9 heteroatoms. The van der Waals surface area contributed by atoms with Crippen molar-refractivity contribution >= 4 is 23.7 Å². The van der Waals surface area contributed by atoms with E-state index in [2.05, 4.69) is 5.32 Å². The van der Waals surface area contributed by atoms with Gasteiger partial charge in [-0.25, -0.2) is 9.59 Å². The monoisotopic (exact) mass is 366 g/mol. The molecule has 1 aliphatic rings. The number of likely N-dealkylation sites (tertiary alicyclic amines) is 1. The number of carboxylic acid groups (broad SMARTS) is 1. The van der Waals surface area contributed by atoms with Crippen LogP contribution in [0.5, 0.6) is 11.5 Å². The lowest BCUT2D eigenvalue weighted by Gasteiger charge is -2.21. The summed E-state index contributed by atoms with van der Waals surface area (Å²) in [6, 6.07) is 2.36. The molecule has 2 rings (SSSR count). The quantitative estimate of drug-likeness (QED) is 0.764. The molecular weight excluding hydrogens is 344 g/mol. The molecule has 9 nitrogen and oxygen atoms in total. The van der Waals surface area contributed by atoms with Crippen molar-refractivity contribution in [3.63, 3.8) is 0 Å². The lowest BCUT2D eigenvalue weighted by atomic mass is 9.90. The number of benzene rings is 1. The number of methoxy groups -OCH3 is 3. The molecule has 0 aliphatic carbocycles. The van der Waals surface area contributed by atoms with Gasteiger partial charge in [0.15, 0.2) is 11.5 Å². The molecule has 0 aromatic heterocycles. The van der Waals surface area contributed by atoms with Crippen LogP contribution in [0.3, 0.4) is 0 Å². The molecule has 1 fully saturated rings. The summed E-state index contributed by atoms with van der Waals surface area (Å²) in [6.45, 7) is 1.98. The van der Waals surface area contributed by atoms with Gasteiger partial charge in [0, 0.05) is 25.2 Å². The summed E-state index contributed by atoms with van der Waals surface area (Å²) >= 11 is 0. The summed E-state index contributed by atoms with van der Waals surface area (Å²) in [7, 11) is 4.08. The van der Waals surface area contributed by atoms with Gasteiger partial charge in [-0.3, -0.25) is 4.79 Å². The fourth-order valence-corrected chi connectivity index (χ4v) is 2.76. The molecule has 1 unspecified atom stereocenters. The second kappa shape index (κ2) is 7.51. The second-order valence-corrected chi connectivity index (χ2v) is 6.21. The highest BCUT2D eigenvalue weighted by Gasteiger charge is 2.42. The zero-order chi connectivity index (χ0) is 19.5. The van der Waals surface area contributed by atoms with Crippen molar-refractivity contribution in [1.29, 1.82) is 0 Å². The Morgan fingerprint density at radius 1 is 1.15 bits per heavy atom.